The Bertz CT molecular complexity index is 1400. The summed E-state index contributed by atoms with van der Waals surface area (Å²) < 4.78 is 57.7. The Balaban J connectivity index is 1.58. The molecule has 36 heavy (non-hydrogen) atoms. The van der Waals surface area contributed by atoms with Crippen molar-refractivity contribution in [3.63, 3.8) is 0 Å². The van der Waals surface area contributed by atoms with Crippen LogP contribution in [0.25, 0.3) is 16.9 Å². The average Bonchev–Trinajstić information content (AvgIpc) is 3.31. The fourth-order valence-electron chi connectivity index (χ4n) is 4.10. The van der Waals surface area contributed by atoms with Crippen molar-refractivity contribution in [2.24, 2.45) is 0 Å². The maximum Gasteiger partial charge on any atom is 0.232 e. The van der Waals surface area contributed by atoms with Crippen LogP contribution in [0.15, 0.2) is 36.8 Å². The molecule has 190 valence electrons. The first-order valence-electron chi connectivity index (χ1n) is 11.5. The van der Waals surface area contributed by atoms with Crippen LogP contribution in [0.5, 0.6) is 0 Å². The zero-order valence-corrected chi connectivity index (χ0v) is 20.8. The van der Waals surface area contributed by atoms with E-state index in [1.54, 1.807) is 19.3 Å². The van der Waals surface area contributed by atoms with Crippen molar-refractivity contribution in [3.8, 4) is 23.0 Å². The molecular weight excluding hydrogens is 490 g/mol. The number of nitrogens with zero attached hydrogens (tertiary/aromatic N) is 7. The Morgan fingerprint density at radius 2 is 1.97 bits per heavy atom. The van der Waals surface area contributed by atoms with Gasteiger partial charge in [-0.05, 0) is 24.6 Å². The van der Waals surface area contributed by atoms with E-state index in [9.17, 15) is 12.8 Å². The van der Waals surface area contributed by atoms with Gasteiger partial charge in [0.15, 0.2) is 18.2 Å². The number of anilines is 2. The first kappa shape index (κ1) is 25.5. The molecule has 13 heteroatoms. The molecule has 0 saturated carbocycles. The van der Waals surface area contributed by atoms with E-state index in [1.807, 2.05) is 6.07 Å². The predicted octanol–water partition coefficient (Wildman–Crippen LogP) is 2.55. The van der Waals surface area contributed by atoms with Crippen LogP contribution < -0.4 is 9.62 Å². The minimum Gasteiger partial charge on any atom is -0.359 e. The zero-order valence-electron chi connectivity index (χ0n) is 20.0. The van der Waals surface area contributed by atoms with Crippen LogP contribution in [0.3, 0.4) is 0 Å². The average molecular weight is 518 g/mol. The Kier molecular flexibility index (Phi) is 7.18. The monoisotopic (exact) mass is 517 g/mol. The summed E-state index contributed by atoms with van der Waals surface area (Å²) in [5.41, 5.74) is 0.920. The van der Waals surface area contributed by atoms with E-state index >= 15 is 4.39 Å². The van der Waals surface area contributed by atoms with Gasteiger partial charge in [-0.1, -0.05) is 12.1 Å². The molecule has 0 amide bonds. The summed E-state index contributed by atoms with van der Waals surface area (Å²) in [5.74, 6) is -2.20. The topological polar surface area (TPSA) is 117 Å². The normalized spacial score (nSPS) is 15.5. The number of nitrogens with one attached hydrogen (secondary N) is 1. The van der Waals surface area contributed by atoms with E-state index in [-0.39, 0.29) is 11.4 Å². The largest absolute Gasteiger partial charge is 0.359 e. The Morgan fingerprint density at radius 1 is 1.22 bits per heavy atom. The van der Waals surface area contributed by atoms with Gasteiger partial charge in [0.2, 0.25) is 10.0 Å². The van der Waals surface area contributed by atoms with Crippen molar-refractivity contribution in [3.05, 3.63) is 48.4 Å². The molecule has 3 aromatic rings. The third-order valence-corrected chi connectivity index (χ3v) is 7.66. The van der Waals surface area contributed by atoms with Crippen LogP contribution >= 0.6 is 0 Å². The van der Waals surface area contributed by atoms with Crippen LogP contribution in [0.2, 0.25) is 0 Å². The lowest BCUT2D eigenvalue weighted by Gasteiger charge is -2.41. The number of hydrogen-bond donors (Lipinski definition) is 1. The van der Waals surface area contributed by atoms with Crippen molar-refractivity contribution < 1.29 is 21.7 Å². The quantitative estimate of drug-likeness (QED) is 0.361. The number of rotatable bonds is 8. The molecule has 3 heterocycles. The molecule has 0 bridgehead atoms. The number of halogens is 2. The lowest BCUT2D eigenvalue weighted by atomic mass is 10.2. The molecular formula is C23H27F2N8O2S+. The second kappa shape index (κ2) is 10.2. The van der Waals surface area contributed by atoms with E-state index in [4.69, 9.17) is 5.26 Å². The van der Waals surface area contributed by atoms with Gasteiger partial charge < -0.3 is 9.38 Å². The highest BCUT2D eigenvalue weighted by Crippen LogP contribution is 2.28. The molecule has 1 aliphatic rings. The van der Waals surface area contributed by atoms with E-state index in [1.165, 1.54) is 6.20 Å². The van der Waals surface area contributed by atoms with Gasteiger partial charge in [-0.25, -0.2) is 21.9 Å². The van der Waals surface area contributed by atoms with Gasteiger partial charge in [0, 0.05) is 11.8 Å². The molecule has 1 saturated heterocycles. The Morgan fingerprint density at radius 3 is 2.67 bits per heavy atom. The maximum absolute atomic E-state index is 15.1. The van der Waals surface area contributed by atoms with Crippen molar-refractivity contribution >= 4 is 21.4 Å². The summed E-state index contributed by atoms with van der Waals surface area (Å²) >= 11 is 0. The molecule has 10 nitrogen and oxygen atoms in total. The number of aromatic nitrogens is 4. The summed E-state index contributed by atoms with van der Waals surface area (Å²) in [6.07, 6.45) is 5.03. The summed E-state index contributed by atoms with van der Waals surface area (Å²) in [6.45, 7) is 5.31. The number of likely N-dealkylation sites (N-methyl/N-ethyl adjacent to an activating group) is 1. The third kappa shape index (κ3) is 5.44. The molecule has 2 aromatic heterocycles. The molecule has 1 fully saturated rings. The molecule has 0 unspecified atom stereocenters. The number of sulfonamides is 1. The molecule has 0 aliphatic carbocycles. The third-order valence-electron chi connectivity index (χ3n) is 6.18. The number of quaternary nitrogens is 1. The molecule has 0 spiro atoms. The van der Waals surface area contributed by atoms with Gasteiger partial charge in [-0.3, -0.25) is 9.71 Å². The van der Waals surface area contributed by atoms with E-state index in [2.05, 4.69) is 38.0 Å². The lowest BCUT2D eigenvalue weighted by Crippen LogP contribution is -2.57. The van der Waals surface area contributed by atoms with Crippen molar-refractivity contribution in [2.45, 2.75) is 13.3 Å². The van der Waals surface area contributed by atoms with Gasteiger partial charge in [0.1, 0.15) is 17.5 Å². The number of pyridine rings is 1. The Labute approximate surface area is 208 Å². The minimum atomic E-state index is -3.77. The van der Waals surface area contributed by atoms with Gasteiger partial charge >= 0.3 is 0 Å². The highest BCUT2D eigenvalue weighted by atomic mass is 32.2. The van der Waals surface area contributed by atoms with Crippen molar-refractivity contribution in [2.75, 3.05) is 55.1 Å². The Hall–Kier alpha value is -3.63. The summed E-state index contributed by atoms with van der Waals surface area (Å²) in [5, 5.41) is 17.0. The fraction of sp³-hybridized carbons (Fsp3) is 0.391. The van der Waals surface area contributed by atoms with Gasteiger partial charge in [0.05, 0.1) is 62.7 Å². The molecule has 0 atom stereocenters. The minimum absolute atomic E-state index is 0.191. The number of nitriles is 1. The van der Waals surface area contributed by atoms with Gasteiger partial charge in [-0.2, -0.15) is 5.26 Å². The smallest absolute Gasteiger partial charge is 0.232 e. The van der Waals surface area contributed by atoms with Gasteiger partial charge in [-0.15, -0.1) is 5.10 Å². The van der Waals surface area contributed by atoms with Gasteiger partial charge in [0.25, 0.3) is 0 Å². The molecule has 1 aromatic carbocycles. The second-order valence-electron chi connectivity index (χ2n) is 9.03. The lowest BCUT2D eigenvalue weighted by molar-refractivity contribution is -0.903. The van der Waals surface area contributed by atoms with Crippen molar-refractivity contribution in [1.82, 2.24) is 20.0 Å². The highest BCUT2D eigenvalue weighted by molar-refractivity contribution is 7.92. The molecule has 4 rings (SSSR count). The molecule has 1 N–H and O–H groups in total. The van der Waals surface area contributed by atoms with E-state index < -0.39 is 27.3 Å². The van der Waals surface area contributed by atoms with Crippen LogP contribution in [-0.4, -0.2) is 78.4 Å². The van der Waals surface area contributed by atoms with Crippen LogP contribution in [0.4, 0.5) is 20.2 Å². The summed E-state index contributed by atoms with van der Waals surface area (Å²) in [4.78, 5) is 6.47. The highest BCUT2D eigenvalue weighted by Gasteiger charge is 2.29. The summed E-state index contributed by atoms with van der Waals surface area (Å²) in [7, 11) is -1.71. The number of benzene rings is 1. The standard InChI is InChI=1S/C23H27F2N8O2S/c1-3-12-36(34,35)29-20-5-4-19(24)23(22(20)25)32-16-21(28-30-32)17-13-18(15-27-14-17)31-7-10-33(2,9-6-26)11-8-31/h4-5,13-16,29H,3,7-12H2,1-2H3/q+1. The zero-order chi connectivity index (χ0) is 25.9. The SMILES string of the molecule is CCCS(=O)(=O)Nc1ccc(F)c(-n2cc(-c3cncc(N4CC[N+](C)(CC#N)CC4)c3)nn2)c1F. The first-order chi connectivity index (χ1) is 17.1. The van der Waals surface area contributed by atoms with Crippen LogP contribution in [0.1, 0.15) is 13.3 Å². The van der Waals surface area contributed by atoms with Crippen LogP contribution in [0, 0.1) is 23.0 Å². The second-order valence-corrected chi connectivity index (χ2v) is 10.9. The van der Waals surface area contributed by atoms with E-state index in [0.717, 1.165) is 48.7 Å². The predicted molar refractivity (Wildman–Crippen MR) is 131 cm³/mol. The molecule has 1 aliphatic heterocycles. The van der Waals surface area contributed by atoms with Crippen LogP contribution in [-0.2, 0) is 10.0 Å². The molecule has 0 radical (unpaired) electrons. The van der Waals surface area contributed by atoms with Crippen molar-refractivity contribution in [1.29, 1.82) is 5.26 Å². The number of hydrogen-bond acceptors (Lipinski definition) is 7. The first-order valence-corrected chi connectivity index (χ1v) is 13.1. The maximum atomic E-state index is 15.1. The fourth-order valence-corrected chi connectivity index (χ4v) is 5.23. The number of piperazine rings is 1. The van der Waals surface area contributed by atoms with E-state index in [0.29, 0.717) is 28.7 Å². The summed E-state index contributed by atoms with van der Waals surface area (Å²) in [6, 6.07) is 6.13.